The fraction of sp³-hybridized carbons (Fsp3) is 0.0625. The topological polar surface area (TPSA) is 71.7 Å². The highest BCUT2D eigenvalue weighted by Crippen LogP contribution is 2.46. The first-order valence-corrected chi connectivity index (χ1v) is 6.41. The van der Waals surface area contributed by atoms with Gasteiger partial charge < -0.3 is 14.9 Å². The van der Waals surface area contributed by atoms with Gasteiger partial charge in [0.25, 0.3) is 5.91 Å². The lowest BCUT2D eigenvalue weighted by molar-refractivity contribution is 0.0971. The van der Waals surface area contributed by atoms with Crippen LogP contribution in [0.25, 0.3) is 22.2 Å². The van der Waals surface area contributed by atoms with Gasteiger partial charge in [0.15, 0.2) is 0 Å². The van der Waals surface area contributed by atoms with Crippen LogP contribution < -0.4 is 4.74 Å². The summed E-state index contributed by atoms with van der Waals surface area (Å²) in [5.41, 5.74) is 2.17. The maximum atomic E-state index is 12.6. The fourth-order valence-corrected chi connectivity index (χ4v) is 2.93. The van der Waals surface area contributed by atoms with E-state index in [1.807, 2.05) is 0 Å². The van der Waals surface area contributed by atoms with Crippen LogP contribution in [-0.2, 0) is 0 Å². The maximum Gasteiger partial charge on any atom is 0.267 e. The normalized spacial score (nSPS) is 12.5. The number of phenolic OH excluding ortho intramolecular Hbond substituents is 2. The van der Waals surface area contributed by atoms with Gasteiger partial charge in [-0.25, -0.2) is 0 Å². The highest BCUT2D eigenvalue weighted by molar-refractivity contribution is 6.17. The van der Waals surface area contributed by atoms with Crippen molar-refractivity contribution in [1.82, 2.24) is 4.57 Å². The van der Waals surface area contributed by atoms with Crippen LogP contribution >= 0.6 is 0 Å². The van der Waals surface area contributed by atoms with Crippen LogP contribution in [0.3, 0.4) is 0 Å². The first-order valence-electron chi connectivity index (χ1n) is 6.41. The standard InChI is InChI=1S/C16H11NO4/c1-21-13-5-4-12(19)15-14(13)11-7-8-6-9(18)2-3-10(8)17(11)16(15)20/h2-7,18-19H,1H3. The Balaban J connectivity index is 2.15. The molecule has 21 heavy (non-hydrogen) atoms. The van der Waals surface area contributed by atoms with Crippen LogP contribution in [-0.4, -0.2) is 27.8 Å². The van der Waals surface area contributed by atoms with Gasteiger partial charge >= 0.3 is 0 Å². The van der Waals surface area contributed by atoms with Crippen molar-refractivity contribution in [1.29, 1.82) is 0 Å². The summed E-state index contributed by atoms with van der Waals surface area (Å²) in [6.07, 6.45) is 0. The molecule has 0 unspecified atom stereocenters. The van der Waals surface area contributed by atoms with E-state index in [0.29, 0.717) is 22.5 Å². The number of hydrogen-bond donors (Lipinski definition) is 2. The summed E-state index contributed by atoms with van der Waals surface area (Å²) in [5.74, 6) is 0.313. The van der Waals surface area contributed by atoms with Crippen molar-refractivity contribution in [2.75, 3.05) is 7.11 Å². The molecule has 0 aliphatic carbocycles. The van der Waals surface area contributed by atoms with E-state index in [4.69, 9.17) is 4.74 Å². The molecule has 0 fully saturated rings. The van der Waals surface area contributed by atoms with Crippen molar-refractivity contribution in [3.63, 3.8) is 0 Å². The Hall–Kier alpha value is -2.95. The molecule has 0 amide bonds. The summed E-state index contributed by atoms with van der Waals surface area (Å²) >= 11 is 0. The summed E-state index contributed by atoms with van der Waals surface area (Å²) in [6, 6.07) is 9.70. The molecule has 5 nitrogen and oxygen atoms in total. The molecule has 0 radical (unpaired) electrons. The van der Waals surface area contributed by atoms with E-state index in [1.54, 1.807) is 24.3 Å². The molecule has 0 saturated heterocycles. The number of nitrogens with zero attached hydrogens (tertiary/aromatic N) is 1. The SMILES string of the molecule is COc1ccc(O)c2c1-c1cc3cc(O)ccc3n1C2=O. The van der Waals surface area contributed by atoms with Gasteiger partial charge in [-0.15, -0.1) is 0 Å². The highest BCUT2D eigenvalue weighted by Gasteiger charge is 2.34. The highest BCUT2D eigenvalue weighted by atomic mass is 16.5. The Morgan fingerprint density at radius 2 is 1.86 bits per heavy atom. The van der Waals surface area contributed by atoms with Crippen molar-refractivity contribution in [2.45, 2.75) is 0 Å². The Bertz CT molecular complexity index is 924. The molecule has 5 heteroatoms. The summed E-state index contributed by atoms with van der Waals surface area (Å²) < 4.78 is 6.84. The molecular formula is C16H11NO4. The first kappa shape index (κ1) is 11.8. The molecule has 2 heterocycles. The van der Waals surface area contributed by atoms with Crippen LogP contribution in [0.15, 0.2) is 36.4 Å². The lowest BCUT2D eigenvalue weighted by atomic mass is 10.0. The Labute approximate surface area is 119 Å². The third kappa shape index (κ3) is 1.37. The van der Waals surface area contributed by atoms with Gasteiger partial charge in [0.05, 0.1) is 29.4 Å². The number of aromatic hydroxyl groups is 2. The van der Waals surface area contributed by atoms with E-state index in [9.17, 15) is 15.0 Å². The molecule has 2 aromatic carbocycles. The molecule has 0 saturated carbocycles. The van der Waals surface area contributed by atoms with Crippen LogP contribution in [0.5, 0.6) is 17.2 Å². The van der Waals surface area contributed by atoms with Gasteiger partial charge in [-0.1, -0.05) is 0 Å². The fourth-order valence-electron chi connectivity index (χ4n) is 2.93. The van der Waals surface area contributed by atoms with Crippen LogP contribution in [0.2, 0.25) is 0 Å². The monoisotopic (exact) mass is 281 g/mol. The number of fused-ring (bicyclic) bond motifs is 5. The number of methoxy groups -OCH3 is 1. The Morgan fingerprint density at radius 1 is 1.05 bits per heavy atom. The van der Waals surface area contributed by atoms with E-state index in [1.165, 1.54) is 23.8 Å². The number of rotatable bonds is 1. The molecule has 1 aromatic heterocycles. The van der Waals surface area contributed by atoms with Crippen molar-refractivity contribution in [3.05, 3.63) is 42.0 Å². The number of hydrogen-bond acceptors (Lipinski definition) is 4. The second kappa shape index (κ2) is 3.79. The van der Waals surface area contributed by atoms with E-state index in [-0.39, 0.29) is 23.0 Å². The minimum atomic E-state index is -0.294. The number of benzene rings is 2. The second-order valence-electron chi connectivity index (χ2n) is 4.95. The van der Waals surface area contributed by atoms with Crippen molar-refractivity contribution >= 4 is 16.8 Å². The molecule has 104 valence electrons. The van der Waals surface area contributed by atoms with Crippen molar-refractivity contribution in [3.8, 4) is 28.5 Å². The zero-order valence-electron chi connectivity index (χ0n) is 11.1. The Kier molecular flexibility index (Phi) is 2.14. The maximum absolute atomic E-state index is 12.6. The summed E-state index contributed by atoms with van der Waals surface area (Å²) in [5, 5.41) is 20.3. The van der Waals surface area contributed by atoms with Gasteiger partial charge in [0.2, 0.25) is 0 Å². The minimum absolute atomic E-state index is 0.0635. The van der Waals surface area contributed by atoms with Crippen molar-refractivity contribution < 1.29 is 19.7 Å². The van der Waals surface area contributed by atoms with Crippen LogP contribution in [0, 0.1) is 0 Å². The number of carbonyl (C=O) groups excluding carboxylic acids is 1. The largest absolute Gasteiger partial charge is 0.508 e. The molecule has 1 aliphatic rings. The summed E-state index contributed by atoms with van der Waals surface area (Å²) in [6.45, 7) is 0. The third-order valence-corrected chi connectivity index (χ3v) is 3.82. The third-order valence-electron chi connectivity index (χ3n) is 3.82. The zero-order chi connectivity index (χ0) is 14.7. The first-order chi connectivity index (χ1) is 10.1. The van der Waals surface area contributed by atoms with Crippen LogP contribution in [0.4, 0.5) is 0 Å². The zero-order valence-corrected chi connectivity index (χ0v) is 11.1. The van der Waals surface area contributed by atoms with E-state index < -0.39 is 0 Å². The lowest BCUT2D eigenvalue weighted by Gasteiger charge is -2.07. The average Bonchev–Trinajstić information content (AvgIpc) is 2.96. The van der Waals surface area contributed by atoms with E-state index in [2.05, 4.69) is 0 Å². The lowest BCUT2D eigenvalue weighted by Crippen LogP contribution is -2.05. The van der Waals surface area contributed by atoms with Gasteiger partial charge in [0.1, 0.15) is 17.2 Å². The molecule has 4 rings (SSSR count). The molecule has 1 aliphatic heterocycles. The average molecular weight is 281 g/mol. The smallest absolute Gasteiger partial charge is 0.267 e. The van der Waals surface area contributed by atoms with Crippen molar-refractivity contribution in [2.24, 2.45) is 0 Å². The quantitative estimate of drug-likeness (QED) is 0.562. The van der Waals surface area contributed by atoms with Gasteiger partial charge in [-0.05, 0) is 36.4 Å². The summed E-state index contributed by atoms with van der Waals surface area (Å²) in [7, 11) is 1.52. The number of ether oxygens (including phenoxy) is 1. The molecule has 3 aromatic rings. The van der Waals surface area contributed by atoms with Gasteiger partial charge in [-0.2, -0.15) is 0 Å². The second-order valence-corrected chi connectivity index (χ2v) is 4.95. The minimum Gasteiger partial charge on any atom is -0.508 e. The molecular weight excluding hydrogens is 270 g/mol. The number of carbonyl (C=O) groups is 1. The van der Waals surface area contributed by atoms with E-state index in [0.717, 1.165) is 5.39 Å². The summed E-state index contributed by atoms with van der Waals surface area (Å²) in [4.78, 5) is 12.6. The molecule has 0 atom stereocenters. The predicted octanol–water partition coefficient (Wildman–Crippen LogP) is 2.73. The molecule has 0 bridgehead atoms. The van der Waals surface area contributed by atoms with Crippen LogP contribution in [0.1, 0.15) is 10.4 Å². The number of phenols is 2. The van der Waals surface area contributed by atoms with E-state index >= 15 is 0 Å². The predicted molar refractivity (Wildman–Crippen MR) is 77.0 cm³/mol. The molecule has 2 N–H and O–H groups in total. The van der Waals surface area contributed by atoms with Gasteiger partial charge in [-0.3, -0.25) is 9.36 Å². The molecule has 0 spiro atoms. The van der Waals surface area contributed by atoms with Gasteiger partial charge in [0, 0.05) is 5.39 Å². The number of aromatic nitrogens is 1. The Morgan fingerprint density at radius 3 is 2.62 bits per heavy atom.